The maximum atomic E-state index is 10.7. The van der Waals surface area contributed by atoms with Crippen LogP contribution < -0.4 is 4.74 Å². The molecule has 0 fully saturated rings. The van der Waals surface area contributed by atoms with Crippen molar-refractivity contribution in [2.45, 2.75) is 6.61 Å². The molecule has 0 radical (unpaired) electrons. The molecular formula is C12H7Br3N2O3. The fourth-order valence-electron chi connectivity index (χ4n) is 1.48. The van der Waals surface area contributed by atoms with Gasteiger partial charge in [-0.25, -0.2) is 0 Å². The Balaban J connectivity index is 2.20. The van der Waals surface area contributed by atoms with Crippen LogP contribution in [-0.4, -0.2) is 9.91 Å². The van der Waals surface area contributed by atoms with E-state index >= 15 is 0 Å². The number of halogens is 3. The van der Waals surface area contributed by atoms with Crippen LogP contribution in [-0.2, 0) is 6.61 Å². The number of nitro groups is 1. The van der Waals surface area contributed by atoms with Gasteiger partial charge in [-0.3, -0.25) is 15.1 Å². The summed E-state index contributed by atoms with van der Waals surface area (Å²) in [5, 5.41) is 10.7. The van der Waals surface area contributed by atoms with Crippen LogP contribution in [0.4, 0.5) is 5.69 Å². The maximum absolute atomic E-state index is 10.7. The number of aromatic nitrogens is 1. The third kappa shape index (κ3) is 3.77. The third-order valence-corrected chi connectivity index (χ3v) is 3.95. The van der Waals surface area contributed by atoms with E-state index in [2.05, 4.69) is 52.8 Å². The van der Waals surface area contributed by atoms with Crippen molar-refractivity contribution in [3.05, 3.63) is 59.7 Å². The van der Waals surface area contributed by atoms with Crippen molar-refractivity contribution in [2.24, 2.45) is 0 Å². The van der Waals surface area contributed by atoms with E-state index in [4.69, 9.17) is 4.74 Å². The standard InChI is InChI=1S/C12H7Br3N2O3/c13-8-1-7(4-16-5-8)6-20-12-10(14)2-9(17(18)19)3-11(12)15/h1-5H,6H2. The molecule has 104 valence electrons. The first-order chi connectivity index (χ1) is 9.47. The Labute approximate surface area is 139 Å². The molecule has 0 saturated carbocycles. The zero-order chi connectivity index (χ0) is 14.7. The summed E-state index contributed by atoms with van der Waals surface area (Å²) in [7, 11) is 0. The summed E-state index contributed by atoms with van der Waals surface area (Å²) in [5.41, 5.74) is 0.872. The zero-order valence-electron chi connectivity index (χ0n) is 9.85. The summed E-state index contributed by atoms with van der Waals surface area (Å²) in [6, 6.07) is 4.69. The molecule has 0 atom stereocenters. The van der Waals surface area contributed by atoms with Gasteiger partial charge < -0.3 is 4.74 Å². The van der Waals surface area contributed by atoms with Gasteiger partial charge in [-0.1, -0.05) is 0 Å². The molecule has 0 spiro atoms. The highest BCUT2D eigenvalue weighted by Crippen LogP contribution is 2.37. The quantitative estimate of drug-likeness (QED) is 0.477. The van der Waals surface area contributed by atoms with Crippen molar-refractivity contribution in [1.29, 1.82) is 0 Å². The van der Waals surface area contributed by atoms with Crippen molar-refractivity contribution in [3.8, 4) is 5.75 Å². The van der Waals surface area contributed by atoms with E-state index < -0.39 is 4.92 Å². The highest BCUT2D eigenvalue weighted by Gasteiger charge is 2.15. The minimum atomic E-state index is -0.461. The second-order valence-corrected chi connectivity index (χ2v) is 6.42. The summed E-state index contributed by atoms with van der Waals surface area (Å²) in [6.45, 7) is 0.307. The average Bonchev–Trinajstić information content (AvgIpc) is 2.37. The molecule has 5 nitrogen and oxygen atoms in total. The number of benzene rings is 1. The van der Waals surface area contributed by atoms with Crippen LogP contribution in [0.2, 0.25) is 0 Å². The Hall–Kier alpha value is -0.990. The number of non-ortho nitro benzene ring substituents is 1. The Morgan fingerprint density at radius 1 is 1.15 bits per heavy atom. The van der Waals surface area contributed by atoms with Crippen LogP contribution >= 0.6 is 47.8 Å². The van der Waals surface area contributed by atoms with Gasteiger partial charge >= 0.3 is 0 Å². The number of rotatable bonds is 4. The van der Waals surface area contributed by atoms with Crippen molar-refractivity contribution < 1.29 is 9.66 Å². The molecule has 0 aliphatic rings. The van der Waals surface area contributed by atoms with Crippen LogP contribution in [0.25, 0.3) is 0 Å². The second-order valence-electron chi connectivity index (χ2n) is 3.80. The lowest BCUT2D eigenvalue weighted by Gasteiger charge is -2.10. The second kappa shape index (κ2) is 6.64. The minimum Gasteiger partial charge on any atom is -0.486 e. The monoisotopic (exact) mass is 464 g/mol. The van der Waals surface area contributed by atoms with Crippen molar-refractivity contribution in [1.82, 2.24) is 4.98 Å². The molecule has 8 heteroatoms. The molecule has 2 aromatic rings. The predicted octanol–water partition coefficient (Wildman–Crippen LogP) is 4.86. The van der Waals surface area contributed by atoms with Gasteiger partial charge in [0.25, 0.3) is 5.69 Å². The van der Waals surface area contributed by atoms with Gasteiger partial charge in [0.1, 0.15) is 12.4 Å². The first kappa shape index (κ1) is 15.4. The Bertz CT molecular complexity index is 641. The third-order valence-electron chi connectivity index (χ3n) is 2.34. The van der Waals surface area contributed by atoms with Gasteiger partial charge in [0.15, 0.2) is 0 Å². The molecule has 0 amide bonds. The SMILES string of the molecule is O=[N+]([O-])c1cc(Br)c(OCc2cncc(Br)c2)c(Br)c1. The lowest BCUT2D eigenvalue weighted by Crippen LogP contribution is -1.98. The highest BCUT2D eigenvalue weighted by atomic mass is 79.9. The van der Waals surface area contributed by atoms with Crippen molar-refractivity contribution in [2.75, 3.05) is 0 Å². The van der Waals surface area contributed by atoms with Gasteiger partial charge in [-0.05, 0) is 53.9 Å². The van der Waals surface area contributed by atoms with E-state index in [1.165, 1.54) is 12.1 Å². The predicted molar refractivity (Wildman–Crippen MR) is 84.8 cm³/mol. The fraction of sp³-hybridized carbons (Fsp3) is 0.0833. The molecule has 1 aromatic carbocycles. The minimum absolute atomic E-state index is 0.0137. The number of ether oxygens (including phenoxy) is 1. The fourth-order valence-corrected chi connectivity index (χ4v) is 3.28. The van der Waals surface area contributed by atoms with Crippen LogP contribution in [0, 0.1) is 10.1 Å². The summed E-state index contributed by atoms with van der Waals surface area (Å²) < 4.78 is 7.56. The van der Waals surface area contributed by atoms with Gasteiger partial charge in [-0.15, -0.1) is 0 Å². The van der Waals surface area contributed by atoms with Crippen LogP contribution in [0.1, 0.15) is 5.56 Å². The van der Waals surface area contributed by atoms with Crippen LogP contribution in [0.15, 0.2) is 44.0 Å². The largest absolute Gasteiger partial charge is 0.486 e. The van der Waals surface area contributed by atoms with Crippen LogP contribution in [0.5, 0.6) is 5.75 Å². The molecule has 20 heavy (non-hydrogen) atoms. The summed E-state index contributed by atoms with van der Waals surface area (Å²) in [4.78, 5) is 14.3. The molecule has 0 N–H and O–H groups in total. The molecular weight excluding hydrogens is 460 g/mol. The first-order valence-electron chi connectivity index (χ1n) is 5.33. The maximum Gasteiger partial charge on any atom is 0.271 e. The van der Waals surface area contributed by atoms with E-state index in [9.17, 15) is 10.1 Å². The van der Waals surface area contributed by atoms with E-state index in [0.717, 1.165) is 10.0 Å². The summed E-state index contributed by atoms with van der Waals surface area (Å²) >= 11 is 9.87. The molecule has 1 heterocycles. The molecule has 0 aliphatic carbocycles. The number of nitro benzene ring substituents is 1. The molecule has 1 aromatic heterocycles. The van der Waals surface area contributed by atoms with Gasteiger partial charge in [0.05, 0.1) is 13.9 Å². The Morgan fingerprint density at radius 2 is 1.80 bits per heavy atom. The zero-order valence-corrected chi connectivity index (χ0v) is 14.6. The van der Waals surface area contributed by atoms with Gasteiger partial charge in [0, 0.05) is 34.6 Å². The van der Waals surface area contributed by atoms with Crippen molar-refractivity contribution >= 4 is 53.5 Å². The van der Waals surface area contributed by atoms with Crippen LogP contribution in [0.3, 0.4) is 0 Å². The number of hydrogen-bond donors (Lipinski definition) is 0. The number of hydrogen-bond acceptors (Lipinski definition) is 4. The normalized spacial score (nSPS) is 10.3. The molecule has 0 saturated heterocycles. The van der Waals surface area contributed by atoms with E-state index in [-0.39, 0.29) is 5.69 Å². The Kier molecular flexibility index (Phi) is 5.11. The molecule has 0 aliphatic heterocycles. The average molecular weight is 467 g/mol. The topological polar surface area (TPSA) is 65.3 Å². The van der Waals surface area contributed by atoms with E-state index in [1.807, 2.05) is 6.07 Å². The molecule has 2 rings (SSSR count). The summed E-state index contributed by atoms with van der Waals surface area (Å²) in [6.07, 6.45) is 3.37. The molecule has 0 unspecified atom stereocenters. The summed E-state index contributed by atoms with van der Waals surface area (Å²) in [5.74, 6) is 0.510. The lowest BCUT2D eigenvalue weighted by atomic mass is 10.3. The smallest absolute Gasteiger partial charge is 0.271 e. The lowest BCUT2D eigenvalue weighted by molar-refractivity contribution is -0.385. The van der Waals surface area contributed by atoms with Gasteiger partial charge in [-0.2, -0.15) is 0 Å². The highest BCUT2D eigenvalue weighted by molar-refractivity contribution is 9.11. The van der Waals surface area contributed by atoms with Crippen molar-refractivity contribution in [3.63, 3.8) is 0 Å². The number of pyridine rings is 1. The number of nitrogens with zero attached hydrogens (tertiary/aromatic N) is 2. The van der Waals surface area contributed by atoms with E-state index in [1.54, 1.807) is 12.4 Å². The van der Waals surface area contributed by atoms with E-state index in [0.29, 0.717) is 21.3 Å². The first-order valence-corrected chi connectivity index (χ1v) is 7.71. The molecule has 0 bridgehead atoms. The Morgan fingerprint density at radius 3 is 2.35 bits per heavy atom. The van der Waals surface area contributed by atoms with Gasteiger partial charge in [0.2, 0.25) is 0 Å².